The number of alkyl carbamates (subject to hydrolysis) is 1. The van der Waals surface area contributed by atoms with Crippen molar-refractivity contribution in [2.45, 2.75) is 116 Å². The number of carbonyl (C=O) groups is 7. The van der Waals surface area contributed by atoms with E-state index in [0.717, 1.165) is 19.3 Å². The lowest BCUT2D eigenvalue weighted by molar-refractivity contribution is -0.147. The van der Waals surface area contributed by atoms with Crippen molar-refractivity contribution in [3.8, 4) is 0 Å². The number of hydrogen-bond acceptors (Lipinski definition) is 8. The fourth-order valence-electron chi connectivity index (χ4n) is 8.47. The number of Topliss-reactive ketones (excluding diaryl/α,β-unsaturated/α-hetero) is 2. The van der Waals surface area contributed by atoms with Crippen molar-refractivity contribution in [1.82, 2.24) is 26.2 Å². The Morgan fingerprint density at radius 3 is 2.11 bits per heavy atom. The van der Waals surface area contributed by atoms with Gasteiger partial charge in [-0.25, -0.2) is 4.79 Å². The maximum Gasteiger partial charge on any atom is 0.408 e. The van der Waals surface area contributed by atoms with Gasteiger partial charge in [-0.15, -0.1) is 0 Å². The number of likely N-dealkylation sites (N-methyl/N-ethyl adjacent to an activating group) is 1. The van der Waals surface area contributed by atoms with Crippen LogP contribution in [0.2, 0.25) is 0 Å². The first kappa shape index (κ1) is 44.2. The monoisotopic (exact) mass is 791 g/mol. The topological polar surface area (TPSA) is 180 Å². The van der Waals surface area contributed by atoms with Gasteiger partial charge >= 0.3 is 12.3 Å². The van der Waals surface area contributed by atoms with Gasteiger partial charge in [0.05, 0.1) is 24.5 Å². The van der Waals surface area contributed by atoms with E-state index >= 15 is 0 Å². The Labute approximate surface area is 326 Å². The molecule has 1 aromatic rings. The molecule has 3 saturated carbocycles. The molecule has 0 aromatic heterocycles. The molecule has 0 radical (unpaired) electrons. The molecular formula is C40H56F3N5O8. The van der Waals surface area contributed by atoms with Crippen LogP contribution in [0.1, 0.15) is 97.6 Å². The van der Waals surface area contributed by atoms with Crippen LogP contribution in [-0.2, 0) is 33.5 Å². The predicted octanol–water partition coefficient (Wildman–Crippen LogP) is 4.40. The summed E-state index contributed by atoms with van der Waals surface area (Å²) in [4.78, 5) is 95.0. The molecule has 2 unspecified atom stereocenters. The van der Waals surface area contributed by atoms with Gasteiger partial charge in [-0.2, -0.15) is 13.2 Å². The summed E-state index contributed by atoms with van der Waals surface area (Å²) < 4.78 is 45.9. The van der Waals surface area contributed by atoms with E-state index in [9.17, 15) is 46.7 Å². The van der Waals surface area contributed by atoms with Crippen molar-refractivity contribution in [2.75, 3.05) is 20.6 Å². The number of benzene rings is 1. The number of ether oxygens (including phenoxy) is 1. The van der Waals surface area contributed by atoms with Crippen LogP contribution in [0.3, 0.4) is 0 Å². The summed E-state index contributed by atoms with van der Waals surface area (Å²) in [6.45, 7) is 8.15. The Bertz CT molecular complexity index is 1640. The minimum atomic E-state index is -4.74. The Morgan fingerprint density at radius 2 is 1.54 bits per heavy atom. The van der Waals surface area contributed by atoms with Crippen LogP contribution in [0.15, 0.2) is 30.3 Å². The maximum atomic E-state index is 14.4. The van der Waals surface area contributed by atoms with E-state index in [1.54, 1.807) is 51.1 Å². The molecule has 0 saturated heterocycles. The van der Waals surface area contributed by atoms with Crippen LogP contribution in [0, 0.1) is 35.0 Å². The van der Waals surface area contributed by atoms with Crippen molar-refractivity contribution in [3.05, 3.63) is 35.9 Å². The number of hydrogen-bond donors (Lipinski definition) is 4. The first-order chi connectivity index (χ1) is 26.0. The summed E-state index contributed by atoms with van der Waals surface area (Å²) >= 11 is 0. The zero-order valence-corrected chi connectivity index (χ0v) is 33.2. The van der Waals surface area contributed by atoms with Gasteiger partial charge in [-0.3, -0.25) is 28.8 Å². The maximum absolute atomic E-state index is 14.4. The van der Waals surface area contributed by atoms with Crippen molar-refractivity contribution in [1.29, 1.82) is 0 Å². The average Bonchev–Trinajstić information content (AvgIpc) is 3.42. The van der Waals surface area contributed by atoms with Crippen molar-refractivity contribution < 1.29 is 51.5 Å². The predicted molar refractivity (Wildman–Crippen MR) is 198 cm³/mol. The van der Waals surface area contributed by atoms with Gasteiger partial charge in [0.2, 0.25) is 23.5 Å². The van der Waals surface area contributed by atoms with Crippen molar-refractivity contribution in [2.24, 2.45) is 35.0 Å². The quantitative estimate of drug-likeness (QED) is 0.189. The lowest BCUT2D eigenvalue weighted by atomic mass is 9.74. The van der Waals surface area contributed by atoms with E-state index in [1.807, 2.05) is 13.8 Å². The van der Waals surface area contributed by atoms with E-state index in [1.165, 1.54) is 19.0 Å². The fourth-order valence-corrected chi connectivity index (χ4v) is 8.47. The number of nitrogens with zero attached hydrogens (tertiary/aromatic N) is 1. The molecule has 3 fully saturated rings. The normalized spacial score (nSPS) is 23.3. The van der Waals surface area contributed by atoms with Gasteiger partial charge in [0.25, 0.3) is 5.91 Å². The lowest BCUT2D eigenvalue weighted by Gasteiger charge is -2.35. The van der Waals surface area contributed by atoms with Gasteiger partial charge in [0.1, 0.15) is 11.6 Å². The summed E-state index contributed by atoms with van der Waals surface area (Å²) in [5.41, 5.74) is -0.762. The Balaban J connectivity index is 1.51. The molecule has 0 heterocycles. The van der Waals surface area contributed by atoms with E-state index in [4.69, 9.17) is 4.74 Å². The molecule has 16 heteroatoms. The van der Waals surface area contributed by atoms with Crippen molar-refractivity contribution >= 4 is 41.3 Å². The molecule has 4 N–H and O–H groups in total. The second-order valence-electron chi connectivity index (χ2n) is 17.2. The highest BCUT2D eigenvalue weighted by Crippen LogP contribution is 2.71. The SMILES string of the molecule is CN(C)C(=O)[C@@H](NC(=O)CNC(=O)C(=O)C(CCC(F)(F)F)NC(=O)[C@H]1C(C(=O)[C@@H](NC(=O)OC(C)(C)C)C2CCCCC2)C[C@H]2[C@@H]1C2(C)C)c1ccccc1. The molecular weight excluding hydrogens is 735 g/mol. The third kappa shape index (κ3) is 11.3. The Kier molecular flexibility index (Phi) is 14.0. The molecule has 7 atom stereocenters. The molecule has 310 valence electrons. The smallest absolute Gasteiger partial charge is 0.408 e. The van der Waals surface area contributed by atoms with E-state index < -0.39 is 96.6 Å². The third-order valence-corrected chi connectivity index (χ3v) is 11.3. The minimum absolute atomic E-state index is 0.0639. The number of nitrogens with one attached hydrogen (secondary N) is 4. The zero-order valence-electron chi connectivity index (χ0n) is 33.2. The van der Waals surface area contributed by atoms with Gasteiger partial charge < -0.3 is 30.9 Å². The standard InChI is InChI=1S/C40H56F3N5O8/c1-38(2,3)56-37(55)47-30(22-14-10-8-11-15-22)32(50)24-20-25-29(39(25,4)5)28(24)34(52)45-26(18-19-40(41,42)43)33(51)35(53)44-21-27(49)46-31(36(54)48(6)7)23-16-12-9-13-17-23/h9,12-13,16-17,22,24-26,28-31H,8,10-11,14-15,18-21H2,1-7H3,(H,44,53)(H,45,52)(H,46,49)(H,47,55)/t24?,25-,26?,28-,29-,30-,31-/m0/s1. The Morgan fingerprint density at radius 1 is 0.911 bits per heavy atom. The lowest BCUT2D eigenvalue weighted by Crippen LogP contribution is -2.54. The fraction of sp³-hybridized carbons (Fsp3) is 0.675. The number of ketones is 2. The molecule has 3 aliphatic rings. The van der Waals surface area contributed by atoms with Crippen LogP contribution in [0.5, 0.6) is 0 Å². The van der Waals surface area contributed by atoms with Crippen LogP contribution >= 0.6 is 0 Å². The molecule has 56 heavy (non-hydrogen) atoms. The first-order valence-corrected chi connectivity index (χ1v) is 19.3. The summed E-state index contributed by atoms with van der Waals surface area (Å²) in [7, 11) is 2.98. The molecule has 5 amide bonds. The molecule has 4 rings (SSSR count). The highest BCUT2D eigenvalue weighted by Gasteiger charge is 2.70. The van der Waals surface area contributed by atoms with Gasteiger partial charge in [0, 0.05) is 26.4 Å². The third-order valence-electron chi connectivity index (χ3n) is 11.3. The number of halogens is 3. The van der Waals surface area contributed by atoms with Gasteiger partial charge in [0.15, 0.2) is 5.78 Å². The minimum Gasteiger partial charge on any atom is -0.444 e. The summed E-state index contributed by atoms with van der Waals surface area (Å²) in [5, 5.41) is 9.76. The number of amides is 5. The number of carbonyl (C=O) groups excluding carboxylic acids is 7. The summed E-state index contributed by atoms with van der Waals surface area (Å²) in [6.07, 6.45) is -3.63. The molecule has 3 aliphatic carbocycles. The summed E-state index contributed by atoms with van der Waals surface area (Å²) in [5.74, 6) is -7.88. The van der Waals surface area contributed by atoms with Crippen molar-refractivity contribution in [3.63, 3.8) is 0 Å². The van der Waals surface area contributed by atoms with E-state index in [2.05, 4.69) is 21.3 Å². The summed E-state index contributed by atoms with van der Waals surface area (Å²) in [6, 6.07) is 4.27. The molecule has 13 nitrogen and oxygen atoms in total. The highest BCUT2D eigenvalue weighted by molar-refractivity contribution is 6.38. The van der Waals surface area contributed by atoms with Crippen LogP contribution in [0.25, 0.3) is 0 Å². The number of alkyl halides is 3. The number of rotatable bonds is 15. The zero-order chi connectivity index (χ0) is 41.7. The van der Waals surface area contributed by atoms with E-state index in [0.29, 0.717) is 24.8 Å². The second-order valence-corrected chi connectivity index (χ2v) is 17.2. The van der Waals surface area contributed by atoms with Gasteiger partial charge in [-0.1, -0.05) is 63.4 Å². The van der Waals surface area contributed by atoms with Crippen LogP contribution in [0.4, 0.5) is 18.0 Å². The molecule has 1 aromatic carbocycles. The number of fused-ring (bicyclic) bond motifs is 1. The van der Waals surface area contributed by atoms with E-state index in [-0.39, 0.29) is 29.0 Å². The first-order valence-electron chi connectivity index (χ1n) is 19.3. The van der Waals surface area contributed by atoms with Gasteiger partial charge in [-0.05, 0) is 75.2 Å². The largest absolute Gasteiger partial charge is 0.444 e. The molecule has 0 bridgehead atoms. The van der Waals surface area contributed by atoms with Crippen LogP contribution < -0.4 is 21.3 Å². The molecule has 0 aliphatic heterocycles. The molecule has 0 spiro atoms. The Hall–Kier alpha value is -4.50. The van der Waals surface area contributed by atoms with Crippen LogP contribution in [-0.4, -0.2) is 90.7 Å². The second kappa shape index (κ2) is 17.7. The average molecular weight is 792 g/mol. The highest BCUT2D eigenvalue weighted by atomic mass is 19.4.